The van der Waals surface area contributed by atoms with Crippen molar-refractivity contribution in [2.24, 2.45) is 0 Å². The maximum atomic E-state index is 13.8. The molecule has 12 nitrogen and oxygen atoms in total. The number of nitrogens with zero attached hydrogens (tertiary/aromatic N) is 4. The van der Waals surface area contributed by atoms with Crippen molar-refractivity contribution in [3.63, 3.8) is 0 Å². The van der Waals surface area contributed by atoms with Crippen molar-refractivity contribution < 1.29 is 27.9 Å². The third-order valence-corrected chi connectivity index (χ3v) is 11.7. The summed E-state index contributed by atoms with van der Waals surface area (Å²) < 4.78 is 33.8. The van der Waals surface area contributed by atoms with Crippen LogP contribution in [0.4, 0.5) is 26.0 Å². The first-order chi connectivity index (χ1) is 29.0. The minimum absolute atomic E-state index is 0.122. The van der Waals surface area contributed by atoms with Crippen LogP contribution in [0.25, 0.3) is 10.9 Å². The average Bonchev–Trinajstić information content (AvgIpc) is 3.63. The fraction of sp³-hybridized carbons (Fsp3) is 0.391. The number of aromatic amines is 1. The normalized spacial score (nSPS) is 17.8. The molecule has 0 radical (unpaired) electrons. The first-order valence-corrected chi connectivity index (χ1v) is 21.0. The topological polar surface area (TPSA) is 135 Å². The van der Waals surface area contributed by atoms with Crippen LogP contribution in [0.2, 0.25) is 0 Å². The summed E-state index contributed by atoms with van der Waals surface area (Å²) in [6.45, 7) is 9.18. The number of anilines is 3. The third kappa shape index (κ3) is 9.87. The highest BCUT2D eigenvalue weighted by Crippen LogP contribution is 2.32. The molecule has 3 aliphatic heterocycles. The Kier molecular flexibility index (Phi) is 12.3. The van der Waals surface area contributed by atoms with Crippen LogP contribution >= 0.6 is 0 Å². The standard InChI is InChI=1S/C46H52F2N8O4/c1-29(2)60-42-26-38(9-10-39(42)46(59)51-45-40-24-30(3-11-41(40)52-53-45)21-31-22-34(47)25-35(48)23-31)55-17-19-56(20-18-55)44(58)28-54-15-13-33(14-16-54)32-4-6-36(7-5-32)50-37-8-12-43(57)49-27-37/h3-7,9-11,22-26,29,33,37,50H,8,12-21,27-28H2,1-2H3,(H,49,57)(H2,51,52,53,59). The molecule has 3 aliphatic rings. The van der Waals surface area contributed by atoms with Crippen LogP contribution in [0.1, 0.15) is 72.5 Å². The van der Waals surface area contributed by atoms with E-state index in [4.69, 9.17) is 4.74 Å². The molecule has 1 unspecified atom stereocenters. The summed E-state index contributed by atoms with van der Waals surface area (Å²) in [6.07, 6.45) is 3.55. The molecule has 60 heavy (non-hydrogen) atoms. The first-order valence-electron chi connectivity index (χ1n) is 21.0. The Bertz CT molecular complexity index is 2300. The van der Waals surface area contributed by atoms with E-state index >= 15 is 0 Å². The molecule has 3 amide bonds. The van der Waals surface area contributed by atoms with Crippen LogP contribution in [0.15, 0.2) is 78.9 Å². The monoisotopic (exact) mass is 818 g/mol. The minimum Gasteiger partial charge on any atom is -0.490 e. The highest BCUT2D eigenvalue weighted by Gasteiger charge is 2.27. The van der Waals surface area contributed by atoms with Gasteiger partial charge in [0.15, 0.2) is 5.82 Å². The lowest BCUT2D eigenvalue weighted by atomic mass is 9.89. The summed E-state index contributed by atoms with van der Waals surface area (Å²) in [5, 5.41) is 17.3. The smallest absolute Gasteiger partial charge is 0.260 e. The zero-order valence-electron chi connectivity index (χ0n) is 34.1. The van der Waals surface area contributed by atoms with Crippen LogP contribution in [0.5, 0.6) is 5.75 Å². The van der Waals surface area contributed by atoms with Crippen LogP contribution < -0.4 is 25.6 Å². The van der Waals surface area contributed by atoms with Crippen molar-refractivity contribution in [2.75, 3.05) is 67.9 Å². The molecule has 0 bridgehead atoms. The summed E-state index contributed by atoms with van der Waals surface area (Å²) in [4.78, 5) is 45.1. The molecule has 3 saturated heterocycles. The second kappa shape index (κ2) is 18.1. The number of nitrogens with one attached hydrogen (secondary N) is 4. The van der Waals surface area contributed by atoms with Crippen molar-refractivity contribution in [1.29, 1.82) is 0 Å². The number of ether oxygens (including phenoxy) is 1. The fourth-order valence-corrected chi connectivity index (χ4v) is 8.51. The van der Waals surface area contributed by atoms with Crippen molar-refractivity contribution in [3.05, 3.63) is 113 Å². The minimum atomic E-state index is -0.634. The van der Waals surface area contributed by atoms with Crippen LogP contribution in [0.3, 0.4) is 0 Å². The molecular formula is C46H52F2N8O4. The second-order valence-corrected chi connectivity index (χ2v) is 16.4. The number of H-pyrrole nitrogens is 1. The molecule has 4 N–H and O–H groups in total. The number of halogens is 2. The van der Waals surface area contributed by atoms with E-state index in [-0.39, 0.29) is 29.9 Å². The maximum Gasteiger partial charge on any atom is 0.260 e. The van der Waals surface area contributed by atoms with Gasteiger partial charge in [-0.05, 0) is 124 Å². The van der Waals surface area contributed by atoms with Crippen LogP contribution in [-0.2, 0) is 16.0 Å². The number of hydrogen-bond donors (Lipinski definition) is 4. The summed E-state index contributed by atoms with van der Waals surface area (Å²) >= 11 is 0. The molecule has 1 atom stereocenters. The Labute approximate surface area is 348 Å². The zero-order chi connectivity index (χ0) is 41.8. The molecule has 3 fully saturated rings. The van der Waals surface area contributed by atoms with Gasteiger partial charge in [-0.2, -0.15) is 5.10 Å². The molecule has 5 aromatic rings. The largest absolute Gasteiger partial charge is 0.490 e. The number of carbonyl (C=O) groups is 3. The first kappa shape index (κ1) is 40.7. The number of amides is 3. The van der Waals surface area contributed by atoms with Gasteiger partial charge in [-0.25, -0.2) is 8.78 Å². The molecule has 8 rings (SSSR count). The van der Waals surface area contributed by atoms with Gasteiger partial charge in [0.1, 0.15) is 17.4 Å². The Morgan fingerprint density at radius 3 is 2.32 bits per heavy atom. The summed E-state index contributed by atoms with van der Waals surface area (Å²) in [6, 6.07) is 23.5. The number of piperidine rings is 2. The fourth-order valence-electron chi connectivity index (χ4n) is 8.51. The van der Waals surface area contributed by atoms with E-state index in [2.05, 4.69) is 60.2 Å². The highest BCUT2D eigenvalue weighted by atomic mass is 19.1. The van der Waals surface area contributed by atoms with Gasteiger partial charge >= 0.3 is 0 Å². The van der Waals surface area contributed by atoms with E-state index in [1.807, 2.05) is 49.1 Å². The molecule has 1 aromatic heterocycles. The lowest BCUT2D eigenvalue weighted by molar-refractivity contribution is -0.133. The molecule has 0 spiro atoms. The quantitative estimate of drug-likeness (QED) is 0.110. The van der Waals surface area contributed by atoms with Gasteiger partial charge in [-0.1, -0.05) is 18.2 Å². The Morgan fingerprint density at radius 2 is 1.62 bits per heavy atom. The molecule has 4 heterocycles. The SMILES string of the molecule is CC(C)Oc1cc(N2CCN(C(=O)CN3CCC(c4ccc(NC5CCC(=O)NC5)cc4)CC3)CC2)ccc1C(=O)Nc1n[nH]c2ccc(Cc3cc(F)cc(F)c3)cc12. The number of hydrogen-bond acceptors (Lipinski definition) is 8. The van der Waals surface area contributed by atoms with Crippen LogP contribution in [0, 0.1) is 11.6 Å². The van der Waals surface area contributed by atoms with Crippen molar-refractivity contribution in [3.8, 4) is 5.75 Å². The van der Waals surface area contributed by atoms with E-state index in [1.165, 1.54) is 17.7 Å². The van der Waals surface area contributed by atoms with Gasteiger partial charge < -0.3 is 30.5 Å². The number of fused-ring (bicyclic) bond motifs is 1. The third-order valence-electron chi connectivity index (χ3n) is 11.7. The molecule has 0 saturated carbocycles. The Morgan fingerprint density at radius 1 is 0.867 bits per heavy atom. The highest BCUT2D eigenvalue weighted by molar-refractivity contribution is 6.09. The lowest BCUT2D eigenvalue weighted by Crippen LogP contribution is -2.51. The summed E-state index contributed by atoms with van der Waals surface area (Å²) in [5.41, 5.74) is 5.68. The predicted molar refractivity (Wildman–Crippen MR) is 229 cm³/mol. The molecule has 0 aliphatic carbocycles. The van der Waals surface area contributed by atoms with E-state index in [0.717, 1.165) is 55.4 Å². The van der Waals surface area contributed by atoms with Crippen molar-refractivity contribution >= 4 is 45.8 Å². The number of rotatable bonds is 12. The number of carbonyl (C=O) groups excluding carboxylic acids is 3. The molecule has 4 aromatic carbocycles. The predicted octanol–water partition coefficient (Wildman–Crippen LogP) is 6.69. The molecular weight excluding hydrogens is 767 g/mol. The Balaban J connectivity index is 0.832. The average molecular weight is 819 g/mol. The number of benzene rings is 4. The number of aromatic nitrogens is 2. The Hall–Kier alpha value is -6.02. The zero-order valence-corrected chi connectivity index (χ0v) is 34.1. The lowest BCUT2D eigenvalue weighted by Gasteiger charge is -2.38. The summed E-state index contributed by atoms with van der Waals surface area (Å²) in [7, 11) is 0. The maximum absolute atomic E-state index is 13.8. The molecule has 314 valence electrons. The van der Waals surface area contributed by atoms with Crippen molar-refractivity contribution in [1.82, 2.24) is 25.3 Å². The van der Waals surface area contributed by atoms with Gasteiger partial charge in [-0.15, -0.1) is 0 Å². The number of piperazine rings is 1. The van der Waals surface area contributed by atoms with Gasteiger partial charge in [-0.3, -0.25) is 24.4 Å². The van der Waals surface area contributed by atoms with Gasteiger partial charge in [0.05, 0.1) is 23.7 Å². The van der Waals surface area contributed by atoms with Gasteiger partial charge in [0.2, 0.25) is 11.8 Å². The van der Waals surface area contributed by atoms with E-state index in [1.54, 1.807) is 6.07 Å². The number of likely N-dealkylation sites (tertiary alicyclic amines) is 1. The van der Waals surface area contributed by atoms with E-state index in [9.17, 15) is 23.2 Å². The second-order valence-electron chi connectivity index (χ2n) is 16.4. The van der Waals surface area contributed by atoms with Crippen molar-refractivity contribution in [2.45, 2.75) is 64.0 Å². The van der Waals surface area contributed by atoms with Gasteiger partial charge in [0, 0.05) is 74.1 Å². The van der Waals surface area contributed by atoms with Crippen LogP contribution in [-0.4, -0.2) is 102 Å². The van der Waals surface area contributed by atoms with E-state index in [0.29, 0.717) is 91.6 Å². The molecule has 14 heteroatoms. The van der Waals surface area contributed by atoms with E-state index < -0.39 is 11.6 Å². The summed E-state index contributed by atoms with van der Waals surface area (Å²) in [5.74, 6) is -0.136. The van der Waals surface area contributed by atoms with Gasteiger partial charge in [0.25, 0.3) is 5.91 Å².